The summed E-state index contributed by atoms with van der Waals surface area (Å²) in [6.07, 6.45) is 1.90. The maximum Gasteiger partial charge on any atom is 0.200 e. The minimum Gasteiger partial charge on any atom is -0.483 e. The lowest BCUT2D eigenvalue weighted by molar-refractivity contribution is 0.120. The van der Waals surface area contributed by atoms with E-state index in [1.807, 2.05) is 35.4 Å². The first-order valence-electron chi connectivity index (χ1n) is 9.37. The van der Waals surface area contributed by atoms with Crippen LogP contribution in [0.2, 0.25) is 0 Å². The zero-order valence-corrected chi connectivity index (χ0v) is 15.3. The first-order chi connectivity index (χ1) is 13.8. The van der Waals surface area contributed by atoms with Crippen molar-refractivity contribution in [1.29, 1.82) is 0 Å². The molecule has 0 radical (unpaired) electrons. The third kappa shape index (κ3) is 3.01. The van der Waals surface area contributed by atoms with Crippen molar-refractivity contribution in [3.8, 4) is 16.9 Å². The molecule has 1 N–H and O–H groups in total. The molecular weight excluding hydrogens is 356 g/mol. The molecule has 3 heterocycles. The van der Waals surface area contributed by atoms with E-state index in [2.05, 4.69) is 17.1 Å². The maximum atomic E-state index is 12.6. The zero-order valence-electron chi connectivity index (χ0n) is 15.3. The van der Waals surface area contributed by atoms with Gasteiger partial charge in [-0.25, -0.2) is 0 Å². The number of aromatic nitrogens is 1. The SMILES string of the molecule is O=c1cc(N2CCOCC2)oc2c(OCc3[nH]ccc4cccc3-4)cccc12. The molecular formula is C22H20N2O4. The number of hydrogen-bond acceptors (Lipinski definition) is 5. The van der Waals surface area contributed by atoms with Gasteiger partial charge in [-0.2, -0.15) is 0 Å². The van der Waals surface area contributed by atoms with E-state index in [4.69, 9.17) is 13.9 Å². The van der Waals surface area contributed by atoms with Gasteiger partial charge in [0.25, 0.3) is 0 Å². The lowest BCUT2D eigenvalue weighted by Gasteiger charge is -2.27. The van der Waals surface area contributed by atoms with Gasteiger partial charge in [-0.1, -0.05) is 24.3 Å². The van der Waals surface area contributed by atoms with Crippen LogP contribution in [0.4, 0.5) is 5.88 Å². The van der Waals surface area contributed by atoms with Gasteiger partial charge in [0.1, 0.15) is 6.61 Å². The van der Waals surface area contributed by atoms with Crippen LogP contribution >= 0.6 is 0 Å². The van der Waals surface area contributed by atoms with Crippen molar-refractivity contribution in [2.45, 2.75) is 6.61 Å². The van der Waals surface area contributed by atoms with E-state index in [0.717, 1.165) is 16.8 Å². The Labute approximate surface area is 161 Å². The first-order valence-corrected chi connectivity index (χ1v) is 9.37. The number of fused-ring (bicyclic) bond motifs is 2. The van der Waals surface area contributed by atoms with E-state index < -0.39 is 0 Å². The summed E-state index contributed by atoms with van der Waals surface area (Å²) in [4.78, 5) is 17.9. The smallest absolute Gasteiger partial charge is 0.200 e. The molecule has 1 aromatic heterocycles. The second kappa shape index (κ2) is 7.05. The van der Waals surface area contributed by atoms with Crippen LogP contribution in [0.15, 0.2) is 63.9 Å². The molecule has 142 valence electrons. The van der Waals surface area contributed by atoms with E-state index in [9.17, 15) is 4.79 Å². The van der Waals surface area contributed by atoms with Crippen LogP contribution < -0.4 is 15.1 Å². The fourth-order valence-electron chi connectivity index (χ4n) is 3.63. The summed E-state index contributed by atoms with van der Waals surface area (Å²) >= 11 is 0. The lowest BCUT2D eigenvalue weighted by atomic mass is 10.1. The predicted molar refractivity (Wildman–Crippen MR) is 107 cm³/mol. The number of nitrogens with zero attached hydrogens (tertiary/aromatic N) is 1. The molecule has 5 rings (SSSR count). The van der Waals surface area contributed by atoms with Gasteiger partial charge in [0.15, 0.2) is 22.6 Å². The Bertz CT molecular complexity index is 1140. The van der Waals surface area contributed by atoms with Crippen LogP contribution in [0.1, 0.15) is 5.69 Å². The number of anilines is 1. The summed E-state index contributed by atoms with van der Waals surface area (Å²) in [6, 6.07) is 15.1. The van der Waals surface area contributed by atoms with Crippen LogP contribution in [0.25, 0.3) is 22.1 Å². The van der Waals surface area contributed by atoms with Crippen molar-refractivity contribution in [1.82, 2.24) is 4.98 Å². The number of aromatic amines is 1. The Kier molecular flexibility index (Phi) is 4.25. The molecule has 2 aromatic rings. The fraction of sp³-hybridized carbons (Fsp3) is 0.227. The Hall–Kier alpha value is -3.25. The second-order valence-corrected chi connectivity index (χ2v) is 6.82. The van der Waals surface area contributed by atoms with Gasteiger partial charge in [0.05, 0.1) is 24.3 Å². The van der Waals surface area contributed by atoms with Crippen LogP contribution in [-0.4, -0.2) is 31.3 Å². The number of morpholine rings is 1. The molecule has 1 aliphatic carbocycles. The third-order valence-corrected chi connectivity index (χ3v) is 5.10. The number of pyridine rings is 1. The average Bonchev–Trinajstić information content (AvgIpc) is 3.22. The summed E-state index contributed by atoms with van der Waals surface area (Å²) in [5, 5.41) is 0.519. The summed E-state index contributed by atoms with van der Waals surface area (Å²) in [7, 11) is 0. The molecule has 0 atom stereocenters. The highest BCUT2D eigenvalue weighted by molar-refractivity contribution is 5.83. The molecule has 1 saturated heterocycles. The van der Waals surface area contributed by atoms with Gasteiger partial charge in [-0.15, -0.1) is 0 Å². The maximum absolute atomic E-state index is 12.6. The Morgan fingerprint density at radius 3 is 2.82 bits per heavy atom. The third-order valence-electron chi connectivity index (χ3n) is 5.10. The quantitative estimate of drug-likeness (QED) is 0.589. The minimum absolute atomic E-state index is 0.0714. The number of H-pyrrole nitrogens is 1. The lowest BCUT2D eigenvalue weighted by Crippen LogP contribution is -2.36. The Balaban J connectivity index is 1.49. The number of benzene rings is 1. The van der Waals surface area contributed by atoms with Gasteiger partial charge >= 0.3 is 0 Å². The molecule has 0 amide bonds. The molecule has 0 unspecified atom stereocenters. The zero-order chi connectivity index (χ0) is 18.9. The molecule has 0 saturated carbocycles. The summed E-state index contributed by atoms with van der Waals surface area (Å²) in [6.45, 7) is 3.00. The van der Waals surface area contributed by atoms with Gasteiger partial charge in [-0.05, 0) is 23.8 Å². The van der Waals surface area contributed by atoms with Gasteiger partial charge < -0.3 is 23.8 Å². The first kappa shape index (κ1) is 16.9. The van der Waals surface area contributed by atoms with E-state index in [1.165, 1.54) is 0 Å². The molecule has 1 aromatic carbocycles. The number of hydrogen-bond donors (Lipinski definition) is 1. The topological polar surface area (TPSA) is 67.7 Å². The normalized spacial score (nSPS) is 14.6. The number of rotatable bonds is 4. The van der Waals surface area contributed by atoms with Crippen molar-refractivity contribution in [2.75, 3.05) is 31.2 Å². The number of nitrogens with one attached hydrogen (secondary N) is 1. The van der Waals surface area contributed by atoms with Gasteiger partial charge in [0, 0.05) is 30.9 Å². The largest absolute Gasteiger partial charge is 0.483 e. The van der Waals surface area contributed by atoms with Crippen LogP contribution in [0.5, 0.6) is 5.75 Å². The molecule has 0 bridgehead atoms. The van der Waals surface area contributed by atoms with Crippen LogP contribution in [0.3, 0.4) is 0 Å². The summed E-state index contributed by atoms with van der Waals surface area (Å²) in [5.74, 6) is 1.11. The van der Waals surface area contributed by atoms with Crippen molar-refractivity contribution in [3.63, 3.8) is 0 Å². The second-order valence-electron chi connectivity index (χ2n) is 6.82. The average molecular weight is 376 g/mol. The van der Waals surface area contributed by atoms with E-state index in [0.29, 0.717) is 55.5 Å². The van der Waals surface area contributed by atoms with Crippen molar-refractivity contribution in [3.05, 3.63) is 70.6 Å². The van der Waals surface area contributed by atoms with Crippen LogP contribution in [-0.2, 0) is 11.3 Å². The Morgan fingerprint density at radius 2 is 1.93 bits per heavy atom. The monoisotopic (exact) mass is 376 g/mol. The Morgan fingerprint density at radius 1 is 1.07 bits per heavy atom. The standard InChI is InChI=1S/C22H20N2O4/c25-19-13-21(24-9-11-26-12-10-24)28-22-17(19)5-2-6-20(22)27-14-18-16-4-1-3-15(16)7-8-23-18/h1-8,13,23H,9-12,14H2. The molecule has 1 fully saturated rings. The van der Waals surface area contributed by atoms with Gasteiger partial charge in [-0.3, -0.25) is 4.79 Å². The van der Waals surface area contributed by atoms with E-state index in [1.54, 1.807) is 12.1 Å². The van der Waals surface area contributed by atoms with E-state index in [-0.39, 0.29) is 5.43 Å². The molecule has 28 heavy (non-hydrogen) atoms. The minimum atomic E-state index is -0.0714. The van der Waals surface area contributed by atoms with Crippen LogP contribution in [0, 0.1) is 0 Å². The highest BCUT2D eigenvalue weighted by atomic mass is 16.5. The molecule has 2 aliphatic heterocycles. The van der Waals surface area contributed by atoms with Crippen molar-refractivity contribution < 1.29 is 13.9 Å². The predicted octanol–water partition coefficient (Wildman–Crippen LogP) is 3.64. The molecule has 0 spiro atoms. The number of para-hydroxylation sites is 1. The highest BCUT2D eigenvalue weighted by Crippen LogP contribution is 2.30. The summed E-state index contributed by atoms with van der Waals surface area (Å²) in [5.41, 5.74) is 3.67. The molecule has 6 nitrogen and oxygen atoms in total. The number of ether oxygens (including phenoxy) is 2. The fourth-order valence-corrected chi connectivity index (χ4v) is 3.63. The molecule has 6 heteroatoms. The van der Waals surface area contributed by atoms with E-state index >= 15 is 0 Å². The van der Waals surface area contributed by atoms with Crippen molar-refractivity contribution >= 4 is 16.9 Å². The van der Waals surface area contributed by atoms with Crippen molar-refractivity contribution in [2.24, 2.45) is 0 Å². The van der Waals surface area contributed by atoms with Gasteiger partial charge in [0.2, 0.25) is 0 Å². The highest BCUT2D eigenvalue weighted by Gasteiger charge is 2.17. The molecule has 3 aliphatic rings. The summed E-state index contributed by atoms with van der Waals surface area (Å²) < 4.78 is 17.6.